The van der Waals surface area contributed by atoms with E-state index in [1.807, 2.05) is 17.8 Å². The highest BCUT2D eigenvalue weighted by molar-refractivity contribution is 8.00. The minimum absolute atomic E-state index is 0.344. The lowest BCUT2D eigenvalue weighted by Crippen LogP contribution is -2.07. The van der Waals surface area contributed by atoms with Crippen molar-refractivity contribution in [2.45, 2.75) is 23.0 Å². The molecule has 0 spiro atoms. The Bertz CT molecular complexity index is 434. The summed E-state index contributed by atoms with van der Waals surface area (Å²) in [5.41, 5.74) is 2.24. The van der Waals surface area contributed by atoms with Gasteiger partial charge in [0.15, 0.2) is 5.78 Å². The van der Waals surface area contributed by atoms with Crippen LogP contribution in [0.5, 0.6) is 0 Å². The Kier molecular flexibility index (Phi) is 1.77. The summed E-state index contributed by atoms with van der Waals surface area (Å²) in [7, 11) is 0. The Morgan fingerprint density at radius 1 is 1.29 bits per heavy atom. The molecule has 70 valence electrons. The number of Topliss-reactive ketones (excluding diaryl/α,β-unsaturated/α-hetero) is 1. The highest BCUT2D eigenvalue weighted by Gasteiger charge is 2.32. The molecule has 1 aliphatic heterocycles. The number of carbonyl (C=O) groups is 1. The van der Waals surface area contributed by atoms with Gasteiger partial charge in [-0.15, -0.1) is 11.8 Å². The zero-order valence-corrected chi connectivity index (χ0v) is 8.51. The van der Waals surface area contributed by atoms with Crippen molar-refractivity contribution in [2.75, 3.05) is 0 Å². The first-order chi connectivity index (χ1) is 6.84. The van der Waals surface area contributed by atoms with Gasteiger partial charge in [0, 0.05) is 22.1 Å². The molecule has 1 fully saturated rings. The van der Waals surface area contributed by atoms with Crippen LogP contribution in [0.1, 0.15) is 18.4 Å². The van der Waals surface area contributed by atoms with E-state index in [9.17, 15) is 4.79 Å². The first-order valence-electron chi connectivity index (χ1n) is 4.85. The second-order valence-electron chi connectivity index (χ2n) is 3.71. The summed E-state index contributed by atoms with van der Waals surface area (Å²) in [6.45, 7) is 0. The van der Waals surface area contributed by atoms with Crippen molar-refractivity contribution in [1.29, 1.82) is 0 Å². The molecular formula is C12H10OS. The Hall–Kier alpha value is -1.02. The van der Waals surface area contributed by atoms with Crippen LogP contribution in [0, 0.1) is 0 Å². The van der Waals surface area contributed by atoms with Gasteiger partial charge in [0.05, 0.1) is 0 Å². The molecule has 1 nitrogen and oxygen atoms in total. The Morgan fingerprint density at radius 2 is 2.14 bits per heavy atom. The van der Waals surface area contributed by atoms with Crippen molar-refractivity contribution in [3.05, 3.63) is 35.4 Å². The summed E-state index contributed by atoms with van der Waals surface area (Å²) in [6, 6.07) is 8.30. The van der Waals surface area contributed by atoms with E-state index in [1.54, 1.807) is 0 Å². The zero-order chi connectivity index (χ0) is 9.54. The van der Waals surface area contributed by atoms with Gasteiger partial charge in [-0.25, -0.2) is 0 Å². The van der Waals surface area contributed by atoms with Crippen molar-refractivity contribution in [3.8, 4) is 0 Å². The summed E-state index contributed by atoms with van der Waals surface area (Å²) >= 11 is 1.84. The van der Waals surface area contributed by atoms with Crippen molar-refractivity contribution in [2.24, 2.45) is 0 Å². The van der Waals surface area contributed by atoms with E-state index >= 15 is 0 Å². The first kappa shape index (κ1) is 8.30. The van der Waals surface area contributed by atoms with Gasteiger partial charge in [-0.1, -0.05) is 18.2 Å². The number of hydrogen-bond donors (Lipinski definition) is 0. The van der Waals surface area contributed by atoms with E-state index in [0.29, 0.717) is 11.0 Å². The molecule has 1 atom stereocenters. The molecule has 0 bridgehead atoms. The van der Waals surface area contributed by atoms with Gasteiger partial charge in [-0.3, -0.25) is 4.79 Å². The molecule has 1 aromatic carbocycles. The second-order valence-corrected chi connectivity index (χ2v) is 4.95. The van der Waals surface area contributed by atoms with Crippen LogP contribution in [0.25, 0.3) is 6.08 Å². The molecule has 2 aliphatic rings. The third-order valence-electron chi connectivity index (χ3n) is 2.80. The van der Waals surface area contributed by atoms with Crippen LogP contribution in [0.3, 0.4) is 0 Å². The van der Waals surface area contributed by atoms with Gasteiger partial charge >= 0.3 is 0 Å². The molecule has 0 unspecified atom stereocenters. The average Bonchev–Trinajstić information content (AvgIpc) is 2.57. The van der Waals surface area contributed by atoms with Crippen LogP contribution in [0.15, 0.2) is 34.7 Å². The molecule has 1 aromatic rings. The third-order valence-corrected chi connectivity index (χ3v) is 4.20. The molecule has 0 saturated heterocycles. The molecule has 3 rings (SSSR count). The summed E-state index contributed by atoms with van der Waals surface area (Å²) in [5, 5.41) is 0.428. The summed E-state index contributed by atoms with van der Waals surface area (Å²) < 4.78 is 0. The molecule has 1 aliphatic carbocycles. The van der Waals surface area contributed by atoms with Crippen molar-refractivity contribution in [1.82, 2.24) is 0 Å². The molecule has 1 heterocycles. The van der Waals surface area contributed by atoms with Crippen molar-refractivity contribution >= 4 is 23.6 Å². The maximum absolute atomic E-state index is 11.5. The smallest absolute Gasteiger partial charge is 0.160 e. The predicted octanol–water partition coefficient (Wildman–Crippen LogP) is 2.91. The summed E-state index contributed by atoms with van der Waals surface area (Å²) in [6.07, 6.45) is 3.83. The lowest BCUT2D eigenvalue weighted by atomic mass is 10.1. The first-order valence-corrected chi connectivity index (χ1v) is 5.73. The fourth-order valence-corrected chi connectivity index (χ4v) is 3.35. The van der Waals surface area contributed by atoms with Gasteiger partial charge in [-0.2, -0.15) is 0 Å². The lowest BCUT2D eigenvalue weighted by molar-refractivity contribution is -0.114. The molecule has 14 heavy (non-hydrogen) atoms. The standard InChI is InChI=1S/C12H10OS/c13-10-5-6-12-9(10)7-8-3-1-2-4-11(8)14-12/h1-4,7,12H,5-6H2/t12-/m1/s1. The van der Waals surface area contributed by atoms with Gasteiger partial charge in [0.1, 0.15) is 0 Å². The van der Waals surface area contributed by atoms with E-state index in [4.69, 9.17) is 0 Å². The van der Waals surface area contributed by atoms with Crippen molar-refractivity contribution < 1.29 is 4.79 Å². The van der Waals surface area contributed by atoms with Crippen LogP contribution in [0.2, 0.25) is 0 Å². The largest absolute Gasteiger partial charge is 0.295 e. The Morgan fingerprint density at radius 3 is 3.07 bits per heavy atom. The zero-order valence-electron chi connectivity index (χ0n) is 7.69. The molecule has 2 heteroatoms. The maximum Gasteiger partial charge on any atom is 0.160 e. The molecular weight excluding hydrogens is 192 g/mol. The minimum Gasteiger partial charge on any atom is -0.295 e. The Balaban J connectivity index is 2.13. The van der Waals surface area contributed by atoms with Gasteiger partial charge in [0.25, 0.3) is 0 Å². The number of rotatable bonds is 0. The monoisotopic (exact) mass is 202 g/mol. The van der Waals surface area contributed by atoms with Crippen LogP contribution >= 0.6 is 11.8 Å². The van der Waals surface area contributed by atoms with Crippen LogP contribution in [-0.2, 0) is 4.79 Å². The molecule has 0 N–H and O–H groups in total. The maximum atomic E-state index is 11.5. The number of benzene rings is 1. The average molecular weight is 202 g/mol. The second kappa shape index (κ2) is 2.99. The SMILES string of the molecule is O=C1CC[C@H]2Sc3ccccc3C=C12. The van der Waals surface area contributed by atoms with Crippen LogP contribution in [0.4, 0.5) is 0 Å². The summed E-state index contributed by atoms with van der Waals surface area (Å²) in [4.78, 5) is 12.9. The number of hydrogen-bond acceptors (Lipinski definition) is 2. The summed E-state index contributed by atoms with van der Waals surface area (Å²) in [5.74, 6) is 0.344. The van der Waals surface area contributed by atoms with E-state index in [-0.39, 0.29) is 0 Å². The number of fused-ring (bicyclic) bond motifs is 2. The number of ketones is 1. The van der Waals surface area contributed by atoms with E-state index in [0.717, 1.165) is 18.4 Å². The molecule has 0 aromatic heterocycles. The van der Waals surface area contributed by atoms with Crippen molar-refractivity contribution in [3.63, 3.8) is 0 Å². The van der Waals surface area contributed by atoms with Crippen LogP contribution in [-0.4, -0.2) is 11.0 Å². The fourth-order valence-electron chi connectivity index (χ4n) is 2.07. The third kappa shape index (κ3) is 1.14. The quantitative estimate of drug-likeness (QED) is 0.643. The molecule has 0 amide bonds. The number of carbonyl (C=O) groups excluding carboxylic acids is 1. The van der Waals surface area contributed by atoms with E-state index in [2.05, 4.69) is 24.3 Å². The predicted molar refractivity (Wildman–Crippen MR) is 58.3 cm³/mol. The van der Waals surface area contributed by atoms with Crippen LogP contribution < -0.4 is 0 Å². The topological polar surface area (TPSA) is 17.1 Å². The highest BCUT2D eigenvalue weighted by atomic mass is 32.2. The fraction of sp³-hybridized carbons (Fsp3) is 0.250. The van der Waals surface area contributed by atoms with E-state index in [1.165, 1.54) is 10.5 Å². The van der Waals surface area contributed by atoms with E-state index < -0.39 is 0 Å². The number of thioether (sulfide) groups is 1. The van der Waals surface area contributed by atoms with Gasteiger partial charge < -0.3 is 0 Å². The normalized spacial score (nSPS) is 24.1. The van der Waals surface area contributed by atoms with Gasteiger partial charge in [-0.05, 0) is 24.1 Å². The van der Waals surface area contributed by atoms with Gasteiger partial charge in [0.2, 0.25) is 0 Å². The highest BCUT2D eigenvalue weighted by Crippen LogP contribution is 2.43. The minimum atomic E-state index is 0.344. The Labute approximate surface area is 87.2 Å². The molecule has 0 radical (unpaired) electrons. The molecule has 1 saturated carbocycles. The lowest BCUT2D eigenvalue weighted by Gasteiger charge is -2.18.